The summed E-state index contributed by atoms with van der Waals surface area (Å²) in [6.07, 6.45) is 1.39. The summed E-state index contributed by atoms with van der Waals surface area (Å²) in [5.41, 5.74) is 1.90. The van der Waals surface area contributed by atoms with Gasteiger partial charge in [0.2, 0.25) is 5.91 Å². The average molecular weight is 460 g/mol. The number of carbonyl (C=O) groups excluding carboxylic acids is 1. The van der Waals surface area contributed by atoms with Gasteiger partial charge < -0.3 is 16.0 Å². The zero-order valence-electron chi connectivity index (χ0n) is 16.1. The maximum absolute atomic E-state index is 11.7. The van der Waals surface area contributed by atoms with Gasteiger partial charge >= 0.3 is 0 Å². The fraction of sp³-hybridized carbons (Fsp3) is 0.579. The number of nitrogens with zero attached hydrogens (tertiary/aromatic N) is 1. The van der Waals surface area contributed by atoms with E-state index < -0.39 is 0 Å². The highest BCUT2D eigenvalue weighted by Gasteiger charge is 2.08. The number of hydrogen-bond acceptors (Lipinski definition) is 2. The molecule has 0 aliphatic heterocycles. The third kappa shape index (κ3) is 9.67. The predicted molar refractivity (Wildman–Crippen MR) is 118 cm³/mol. The van der Waals surface area contributed by atoms with Crippen LogP contribution in [0, 0.1) is 5.92 Å². The molecule has 25 heavy (non-hydrogen) atoms. The van der Waals surface area contributed by atoms with E-state index >= 15 is 0 Å². The first-order chi connectivity index (χ1) is 11.5. The Balaban J connectivity index is 0.00000576. The van der Waals surface area contributed by atoms with Crippen molar-refractivity contribution < 1.29 is 4.79 Å². The van der Waals surface area contributed by atoms with E-state index in [1.807, 2.05) is 31.2 Å². The van der Waals surface area contributed by atoms with Crippen molar-refractivity contribution in [1.82, 2.24) is 10.6 Å². The van der Waals surface area contributed by atoms with E-state index in [1.165, 1.54) is 0 Å². The molecule has 1 aromatic rings. The van der Waals surface area contributed by atoms with Gasteiger partial charge in [-0.1, -0.05) is 32.9 Å². The molecule has 1 atom stereocenters. The number of aliphatic imine (C=N–C) groups is 1. The van der Waals surface area contributed by atoms with Crippen molar-refractivity contribution in [1.29, 1.82) is 0 Å². The zero-order chi connectivity index (χ0) is 17.9. The number of halogens is 1. The minimum absolute atomic E-state index is 0. The number of nitrogens with one attached hydrogen (secondary N) is 3. The minimum Gasteiger partial charge on any atom is -0.357 e. The Morgan fingerprint density at radius 2 is 1.92 bits per heavy atom. The van der Waals surface area contributed by atoms with Crippen LogP contribution in [0.3, 0.4) is 0 Å². The van der Waals surface area contributed by atoms with E-state index in [2.05, 4.69) is 48.6 Å². The lowest BCUT2D eigenvalue weighted by molar-refractivity contribution is -0.116. The van der Waals surface area contributed by atoms with Crippen LogP contribution in [-0.2, 0) is 11.3 Å². The zero-order valence-corrected chi connectivity index (χ0v) is 18.4. The summed E-state index contributed by atoms with van der Waals surface area (Å²) in [4.78, 5) is 16.3. The largest absolute Gasteiger partial charge is 0.357 e. The summed E-state index contributed by atoms with van der Waals surface area (Å²) < 4.78 is 0. The molecule has 0 radical (unpaired) electrons. The summed E-state index contributed by atoms with van der Waals surface area (Å²) in [5.74, 6) is 1.41. The molecule has 0 fully saturated rings. The van der Waals surface area contributed by atoms with Crippen molar-refractivity contribution in [3.63, 3.8) is 0 Å². The second-order valence-electron chi connectivity index (χ2n) is 6.37. The fourth-order valence-corrected chi connectivity index (χ4v) is 2.07. The quantitative estimate of drug-likeness (QED) is 0.310. The summed E-state index contributed by atoms with van der Waals surface area (Å²) in [5, 5.41) is 9.62. The Morgan fingerprint density at radius 3 is 2.52 bits per heavy atom. The van der Waals surface area contributed by atoms with Crippen LogP contribution < -0.4 is 16.0 Å². The monoisotopic (exact) mass is 460 g/mol. The van der Waals surface area contributed by atoms with Crippen molar-refractivity contribution >= 4 is 41.5 Å². The van der Waals surface area contributed by atoms with Gasteiger partial charge in [-0.05, 0) is 43.9 Å². The van der Waals surface area contributed by atoms with Gasteiger partial charge in [0.15, 0.2) is 5.96 Å². The summed E-state index contributed by atoms with van der Waals surface area (Å²) >= 11 is 0. The Kier molecular flexibility index (Phi) is 12.3. The van der Waals surface area contributed by atoms with E-state index in [0.717, 1.165) is 30.2 Å². The second-order valence-corrected chi connectivity index (χ2v) is 6.37. The summed E-state index contributed by atoms with van der Waals surface area (Å²) in [6, 6.07) is 8.21. The molecule has 3 N–H and O–H groups in total. The van der Waals surface area contributed by atoms with Crippen LogP contribution in [0.15, 0.2) is 29.3 Å². The van der Waals surface area contributed by atoms with E-state index in [-0.39, 0.29) is 29.9 Å². The molecule has 0 spiro atoms. The molecule has 0 bridgehead atoms. The molecule has 1 aromatic carbocycles. The summed E-state index contributed by atoms with van der Waals surface area (Å²) in [6.45, 7) is 12.0. The topological polar surface area (TPSA) is 65.5 Å². The molecule has 1 unspecified atom stereocenters. The third-order valence-corrected chi connectivity index (χ3v) is 3.82. The molecule has 1 amide bonds. The van der Waals surface area contributed by atoms with Crippen molar-refractivity contribution in [3.8, 4) is 0 Å². The van der Waals surface area contributed by atoms with E-state index in [9.17, 15) is 4.79 Å². The molecule has 6 heteroatoms. The molecule has 0 saturated carbocycles. The van der Waals surface area contributed by atoms with Gasteiger partial charge in [0.25, 0.3) is 0 Å². The lowest BCUT2D eigenvalue weighted by atomic mass is 10.1. The Bertz CT molecular complexity index is 546. The highest BCUT2D eigenvalue weighted by Crippen LogP contribution is 2.12. The van der Waals surface area contributed by atoms with Crippen LogP contribution in [-0.4, -0.2) is 24.5 Å². The SMILES string of the molecule is CCCC(=O)Nc1cccc(CN=C(NCC)NC(C)C(C)C)c1.I. The van der Waals surface area contributed by atoms with Gasteiger partial charge in [-0.15, -0.1) is 24.0 Å². The molecule has 0 aromatic heterocycles. The second kappa shape index (κ2) is 13.0. The van der Waals surface area contributed by atoms with Crippen LogP contribution in [0.5, 0.6) is 0 Å². The number of hydrogen-bond donors (Lipinski definition) is 3. The standard InChI is InChI=1S/C19H32N4O.HI/c1-6-9-18(24)23-17-11-8-10-16(12-17)13-21-19(20-7-2)22-15(5)14(3)4;/h8,10-12,14-15H,6-7,9,13H2,1-5H3,(H,23,24)(H2,20,21,22);1H. The van der Waals surface area contributed by atoms with E-state index in [1.54, 1.807) is 0 Å². The molecule has 1 rings (SSSR count). The maximum Gasteiger partial charge on any atom is 0.224 e. The molecule has 142 valence electrons. The van der Waals surface area contributed by atoms with Crippen LogP contribution in [0.4, 0.5) is 5.69 Å². The first kappa shape index (κ1) is 23.7. The van der Waals surface area contributed by atoms with Crippen LogP contribution >= 0.6 is 24.0 Å². The highest BCUT2D eigenvalue weighted by atomic mass is 127. The van der Waals surface area contributed by atoms with Crippen molar-refractivity contribution in [2.45, 2.75) is 60.0 Å². The van der Waals surface area contributed by atoms with Crippen LogP contribution in [0.2, 0.25) is 0 Å². The number of anilines is 1. The fourth-order valence-electron chi connectivity index (χ4n) is 2.07. The number of benzene rings is 1. The molecule has 5 nitrogen and oxygen atoms in total. The van der Waals surface area contributed by atoms with Crippen LogP contribution in [0.1, 0.15) is 53.0 Å². The molecular weight excluding hydrogens is 427 g/mol. The number of amides is 1. The highest BCUT2D eigenvalue weighted by molar-refractivity contribution is 14.0. The van der Waals surface area contributed by atoms with Crippen molar-refractivity contribution in [2.75, 3.05) is 11.9 Å². The summed E-state index contributed by atoms with van der Waals surface area (Å²) in [7, 11) is 0. The Labute approximate surface area is 169 Å². The van der Waals surface area contributed by atoms with Crippen molar-refractivity contribution in [2.24, 2.45) is 10.9 Å². The predicted octanol–water partition coefficient (Wildman–Crippen LogP) is 4.14. The van der Waals surface area contributed by atoms with Crippen LogP contribution in [0.25, 0.3) is 0 Å². The number of carbonyl (C=O) groups is 1. The van der Waals surface area contributed by atoms with E-state index in [0.29, 0.717) is 24.9 Å². The Morgan fingerprint density at radius 1 is 1.20 bits per heavy atom. The van der Waals surface area contributed by atoms with E-state index in [4.69, 9.17) is 0 Å². The van der Waals surface area contributed by atoms with Gasteiger partial charge in [-0.2, -0.15) is 0 Å². The van der Waals surface area contributed by atoms with Gasteiger partial charge in [0.05, 0.1) is 6.54 Å². The van der Waals surface area contributed by atoms with Gasteiger partial charge in [-0.3, -0.25) is 4.79 Å². The van der Waals surface area contributed by atoms with Crippen molar-refractivity contribution in [3.05, 3.63) is 29.8 Å². The first-order valence-corrected chi connectivity index (χ1v) is 8.89. The normalized spacial score (nSPS) is 12.3. The molecule has 0 saturated heterocycles. The molecule has 0 heterocycles. The molecule has 0 aliphatic carbocycles. The third-order valence-electron chi connectivity index (χ3n) is 3.82. The van der Waals surface area contributed by atoms with Gasteiger partial charge in [0, 0.05) is 24.7 Å². The lowest BCUT2D eigenvalue weighted by Crippen LogP contribution is -2.44. The first-order valence-electron chi connectivity index (χ1n) is 8.89. The maximum atomic E-state index is 11.7. The molecular formula is C19H33IN4O. The smallest absolute Gasteiger partial charge is 0.224 e. The van der Waals surface area contributed by atoms with Gasteiger partial charge in [0.1, 0.15) is 0 Å². The van der Waals surface area contributed by atoms with Gasteiger partial charge in [-0.25, -0.2) is 4.99 Å². The lowest BCUT2D eigenvalue weighted by Gasteiger charge is -2.20. The number of guanidine groups is 1. The Hall–Kier alpha value is -1.31. The minimum atomic E-state index is 0. The molecule has 0 aliphatic rings. The average Bonchev–Trinajstić information content (AvgIpc) is 2.53. The number of rotatable bonds is 8.